The van der Waals surface area contributed by atoms with Crippen LogP contribution in [0.4, 0.5) is 5.82 Å². The molecule has 92 valence electrons. The summed E-state index contributed by atoms with van der Waals surface area (Å²) in [5.74, 6) is 0.698. The molecule has 2 aromatic rings. The number of nitrogen functional groups attached to an aromatic ring is 1. The highest BCUT2D eigenvalue weighted by Gasteiger charge is 2.13. The lowest BCUT2D eigenvalue weighted by Gasteiger charge is -2.08. The van der Waals surface area contributed by atoms with E-state index in [-0.39, 0.29) is 0 Å². The molecule has 0 spiro atoms. The van der Waals surface area contributed by atoms with Crippen LogP contribution in [0.1, 0.15) is 39.8 Å². The van der Waals surface area contributed by atoms with Gasteiger partial charge < -0.3 is 10.3 Å². The Morgan fingerprint density at radius 1 is 1.18 bits per heavy atom. The van der Waals surface area contributed by atoms with Gasteiger partial charge in [-0.05, 0) is 27.7 Å². The van der Waals surface area contributed by atoms with E-state index in [0.29, 0.717) is 17.9 Å². The van der Waals surface area contributed by atoms with E-state index in [9.17, 15) is 0 Å². The predicted octanol–water partition coefficient (Wildman–Crippen LogP) is 2.49. The van der Waals surface area contributed by atoms with Crippen molar-refractivity contribution in [3.8, 4) is 11.3 Å². The van der Waals surface area contributed by atoms with Gasteiger partial charge in [0.05, 0.1) is 12.5 Å². The molecule has 2 aromatic heterocycles. The highest BCUT2D eigenvalue weighted by Crippen LogP contribution is 2.26. The maximum absolute atomic E-state index is 6.09. The molecule has 0 saturated carbocycles. The monoisotopic (exact) mass is 233 g/mol. The molecule has 0 aromatic carbocycles. The molecule has 0 atom stereocenters. The second-order valence-electron chi connectivity index (χ2n) is 4.78. The fraction of sp³-hybridized carbons (Fsp3) is 0.500. The molecule has 17 heavy (non-hydrogen) atoms. The molecule has 5 nitrogen and oxygen atoms in total. The molecule has 0 unspecified atom stereocenters. The third-order valence-electron chi connectivity index (χ3n) is 2.79. The summed E-state index contributed by atoms with van der Waals surface area (Å²) in [4.78, 5) is 4.36. The Morgan fingerprint density at radius 3 is 2.35 bits per heavy atom. The van der Waals surface area contributed by atoms with Gasteiger partial charge >= 0.3 is 0 Å². The Morgan fingerprint density at radius 2 is 1.88 bits per heavy atom. The van der Waals surface area contributed by atoms with E-state index in [1.54, 1.807) is 6.33 Å². The number of aromatic nitrogens is 4. The summed E-state index contributed by atoms with van der Waals surface area (Å²) >= 11 is 0. The predicted molar refractivity (Wildman–Crippen MR) is 68.6 cm³/mol. The molecule has 0 aliphatic carbocycles. The summed E-state index contributed by atoms with van der Waals surface area (Å²) in [6.07, 6.45) is 5.57. The van der Waals surface area contributed by atoms with Crippen LogP contribution < -0.4 is 5.73 Å². The Kier molecular flexibility index (Phi) is 2.92. The van der Waals surface area contributed by atoms with Gasteiger partial charge in [0.25, 0.3) is 0 Å². The Labute approximate surface area is 101 Å². The molecule has 2 heterocycles. The molecule has 5 heteroatoms. The second kappa shape index (κ2) is 4.24. The quantitative estimate of drug-likeness (QED) is 0.886. The highest BCUT2D eigenvalue weighted by atomic mass is 15.3. The van der Waals surface area contributed by atoms with Crippen LogP contribution in [0.5, 0.6) is 0 Å². The van der Waals surface area contributed by atoms with Gasteiger partial charge in [-0.25, -0.2) is 4.98 Å². The first-order chi connectivity index (χ1) is 8.00. The maximum Gasteiger partial charge on any atom is 0.131 e. The molecule has 0 saturated heterocycles. The van der Waals surface area contributed by atoms with E-state index in [0.717, 1.165) is 11.3 Å². The highest BCUT2D eigenvalue weighted by molar-refractivity contribution is 5.69. The second-order valence-corrected chi connectivity index (χ2v) is 4.78. The summed E-state index contributed by atoms with van der Waals surface area (Å²) < 4.78 is 3.87. The maximum atomic E-state index is 6.09. The zero-order valence-corrected chi connectivity index (χ0v) is 10.8. The van der Waals surface area contributed by atoms with E-state index in [1.165, 1.54) is 0 Å². The van der Waals surface area contributed by atoms with Gasteiger partial charge in [0, 0.05) is 23.8 Å². The molecule has 0 aliphatic heterocycles. The van der Waals surface area contributed by atoms with Crippen LogP contribution in [0, 0.1) is 0 Å². The van der Waals surface area contributed by atoms with Gasteiger partial charge in [-0.3, -0.25) is 4.68 Å². The van der Waals surface area contributed by atoms with Crippen molar-refractivity contribution >= 4 is 5.82 Å². The van der Waals surface area contributed by atoms with Crippen molar-refractivity contribution in [1.82, 2.24) is 19.3 Å². The largest absolute Gasteiger partial charge is 0.383 e. The van der Waals surface area contributed by atoms with E-state index in [2.05, 4.69) is 37.8 Å². The minimum absolute atomic E-state index is 0.316. The standard InChI is InChI=1S/C12H19N5/c1-8(2)16-7-14-11(12(16)13)10-5-15-17(6-10)9(3)4/h5-9H,13H2,1-4H3. The first kappa shape index (κ1) is 11.7. The molecular weight excluding hydrogens is 214 g/mol. The van der Waals surface area contributed by atoms with Crippen molar-refractivity contribution in [3.05, 3.63) is 18.7 Å². The average Bonchev–Trinajstić information content (AvgIpc) is 2.82. The fourth-order valence-corrected chi connectivity index (χ4v) is 1.75. The first-order valence-electron chi connectivity index (χ1n) is 5.87. The normalized spacial score (nSPS) is 11.6. The summed E-state index contributed by atoms with van der Waals surface area (Å²) in [6, 6.07) is 0.661. The van der Waals surface area contributed by atoms with Crippen molar-refractivity contribution in [2.24, 2.45) is 0 Å². The summed E-state index contributed by atoms with van der Waals surface area (Å²) in [5.41, 5.74) is 7.86. The number of hydrogen-bond acceptors (Lipinski definition) is 3. The summed E-state index contributed by atoms with van der Waals surface area (Å²) in [6.45, 7) is 8.35. The lowest BCUT2D eigenvalue weighted by atomic mass is 10.2. The number of nitrogens with zero attached hydrogens (tertiary/aromatic N) is 4. The molecule has 2 N–H and O–H groups in total. The average molecular weight is 233 g/mol. The van der Waals surface area contributed by atoms with Crippen LogP contribution in [-0.4, -0.2) is 19.3 Å². The molecule has 0 fully saturated rings. The third-order valence-corrected chi connectivity index (χ3v) is 2.79. The molecule has 0 amide bonds. The van der Waals surface area contributed by atoms with Crippen LogP contribution in [0.3, 0.4) is 0 Å². The number of nitrogens with two attached hydrogens (primary N) is 1. The number of rotatable bonds is 3. The fourth-order valence-electron chi connectivity index (χ4n) is 1.75. The zero-order valence-electron chi connectivity index (χ0n) is 10.8. The Bertz CT molecular complexity index is 507. The van der Waals surface area contributed by atoms with Gasteiger partial charge in [-0.2, -0.15) is 5.10 Å². The van der Waals surface area contributed by atoms with Crippen LogP contribution in [0.25, 0.3) is 11.3 Å². The number of anilines is 1. The smallest absolute Gasteiger partial charge is 0.131 e. The van der Waals surface area contributed by atoms with Crippen LogP contribution in [0.15, 0.2) is 18.7 Å². The molecule has 0 aliphatic rings. The first-order valence-corrected chi connectivity index (χ1v) is 5.87. The van der Waals surface area contributed by atoms with Crippen molar-refractivity contribution in [1.29, 1.82) is 0 Å². The van der Waals surface area contributed by atoms with Crippen molar-refractivity contribution in [2.75, 3.05) is 5.73 Å². The van der Waals surface area contributed by atoms with Crippen molar-refractivity contribution < 1.29 is 0 Å². The molecule has 2 rings (SSSR count). The van der Waals surface area contributed by atoms with Gasteiger partial charge in [0.15, 0.2) is 0 Å². The van der Waals surface area contributed by atoms with Gasteiger partial charge in [-0.1, -0.05) is 0 Å². The minimum Gasteiger partial charge on any atom is -0.383 e. The number of imidazole rings is 1. The van der Waals surface area contributed by atoms with Crippen molar-refractivity contribution in [2.45, 2.75) is 39.8 Å². The van der Waals surface area contributed by atoms with Gasteiger partial charge in [0.1, 0.15) is 11.5 Å². The zero-order chi connectivity index (χ0) is 12.6. The Hall–Kier alpha value is -1.78. The van der Waals surface area contributed by atoms with Crippen molar-refractivity contribution in [3.63, 3.8) is 0 Å². The lowest BCUT2D eigenvalue weighted by Crippen LogP contribution is -2.04. The third kappa shape index (κ3) is 2.05. The van der Waals surface area contributed by atoms with Gasteiger partial charge in [-0.15, -0.1) is 0 Å². The number of hydrogen-bond donors (Lipinski definition) is 1. The van der Waals surface area contributed by atoms with E-state index < -0.39 is 0 Å². The van der Waals surface area contributed by atoms with E-state index >= 15 is 0 Å². The lowest BCUT2D eigenvalue weighted by molar-refractivity contribution is 0.532. The van der Waals surface area contributed by atoms with Gasteiger partial charge in [0.2, 0.25) is 0 Å². The summed E-state index contributed by atoms with van der Waals surface area (Å²) in [5, 5.41) is 4.30. The topological polar surface area (TPSA) is 61.7 Å². The molecule has 0 bridgehead atoms. The van der Waals surface area contributed by atoms with Crippen LogP contribution >= 0.6 is 0 Å². The van der Waals surface area contributed by atoms with Crippen LogP contribution in [-0.2, 0) is 0 Å². The molecule has 0 radical (unpaired) electrons. The van der Waals surface area contributed by atoms with E-state index in [1.807, 2.05) is 21.6 Å². The molecular formula is C12H19N5. The SMILES string of the molecule is CC(C)n1cc(-c2ncn(C(C)C)c2N)cn1. The van der Waals surface area contributed by atoms with Crippen LogP contribution in [0.2, 0.25) is 0 Å². The van der Waals surface area contributed by atoms with E-state index in [4.69, 9.17) is 5.73 Å². The summed E-state index contributed by atoms with van der Waals surface area (Å²) in [7, 11) is 0. The Balaban J connectivity index is 2.39. The minimum atomic E-state index is 0.316.